The Balaban J connectivity index is 1.72. The molecule has 6 nitrogen and oxygen atoms in total. The van der Waals surface area contributed by atoms with Gasteiger partial charge in [0.2, 0.25) is 0 Å². The van der Waals surface area contributed by atoms with Gasteiger partial charge in [0.1, 0.15) is 12.4 Å². The van der Waals surface area contributed by atoms with Crippen molar-refractivity contribution in [2.45, 2.75) is 13.5 Å². The fourth-order valence-corrected chi connectivity index (χ4v) is 3.78. The maximum Gasteiger partial charge on any atom is 0.282 e. The number of nitrogens with zero attached hydrogens (tertiary/aromatic N) is 3. The molecule has 3 aromatic carbocycles. The molecule has 0 saturated carbocycles. The number of benzene rings is 3. The zero-order valence-electron chi connectivity index (χ0n) is 17.4. The lowest BCUT2D eigenvalue weighted by atomic mass is 10.2. The first-order valence-corrected chi connectivity index (χ1v) is 10.9. The van der Waals surface area contributed by atoms with E-state index in [9.17, 15) is 4.79 Å². The van der Waals surface area contributed by atoms with Crippen molar-refractivity contribution in [1.29, 1.82) is 0 Å². The molecule has 1 aromatic heterocycles. The minimum Gasteiger partial charge on any atom is -0.493 e. The molecule has 0 aliphatic carbocycles. The molecule has 0 N–H and O–H groups in total. The Bertz CT molecular complexity index is 1390. The van der Waals surface area contributed by atoms with E-state index < -0.39 is 0 Å². The van der Waals surface area contributed by atoms with E-state index in [4.69, 9.17) is 21.1 Å². The zero-order valence-corrected chi connectivity index (χ0v) is 19.7. The molecule has 0 spiro atoms. The van der Waals surface area contributed by atoms with E-state index in [-0.39, 0.29) is 12.2 Å². The summed E-state index contributed by atoms with van der Waals surface area (Å²) in [4.78, 5) is 17.5. The van der Waals surface area contributed by atoms with Gasteiger partial charge in [-0.3, -0.25) is 4.79 Å². The van der Waals surface area contributed by atoms with Crippen LogP contribution in [0.4, 0.5) is 0 Å². The predicted octanol–water partition coefficient (Wildman–Crippen LogP) is 5.59. The van der Waals surface area contributed by atoms with Crippen LogP contribution in [0.5, 0.6) is 11.5 Å². The average molecular weight is 513 g/mol. The summed E-state index contributed by atoms with van der Waals surface area (Å²) < 4.78 is 13.6. The number of para-hydroxylation sites is 1. The Labute approximate surface area is 198 Å². The standard InChI is InChI=1S/C24H19BrClN3O3/c1-15-28-21-11-10-18(25)12-19(21)24(30)29(15)27-13-16-7-5-9-22(31-2)23(16)32-14-17-6-3-4-8-20(17)26/h3-13H,14H2,1-2H3. The first-order valence-electron chi connectivity index (χ1n) is 9.74. The van der Waals surface area contributed by atoms with Crippen molar-refractivity contribution in [3.63, 3.8) is 0 Å². The number of fused-ring (bicyclic) bond motifs is 1. The maximum absolute atomic E-state index is 13.0. The van der Waals surface area contributed by atoms with E-state index in [1.54, 1.807) is 38.4 Å². The molecule has 0 radical (unpaired) electrons. The summed E-state index contributed by atoms with van der Waals surface area (Å²) in [7, 11) is 1.57. The molecule has 0 atom stereocenters. The summed E-state index contributed by atoms with van der Waals surface area (Å²) in [6.07, 6.45) is 1.56. The summed E-state index contributed by atoms with van der Waals surface area (Å²) >= 11 is 9.65. The Kier molecular flexibility index (Phi) is 6.58. The summed E-state index contributed by atoms with van der Waals surface area (Å²) in [5.74, 6) is 1.52. The molecule has 0 aliphatic rings. The molecule has 32 heavy (non-hydrogen) atoms. The third-order valence-corrected chi connectivity index (χ3v) is 5.70. The lowest BCUT2D eigenvalue weighted by molar-refractivity contribution is 0.284. The lowest BCUT2D eigenvalue weighted by Gasteiger charge is -2.14. The fourth-order valence-electron chi connectivity index (χ4n) is 3.23. The number of aryl methyl sites for hydroxylation is 1. The van der Waals surface area contributed by atoms with Gasteiger partial charge in [-0.1, -0.05) is 51.8 Å². The Hall–Kier alpha value is -3.16. The number of rotatable bonds is 6. The highest BCUT2D eigenvalue weighted by Crippen LogP contribution is 2.31. The highest BCUT2D eigenvalue weighted by atomic mass is 79.9. The largest absolute Gasteiger partial charge is 0.493 e. The first-order chi connectivity index (χ1) is 15.5. The molecule has 8 heteroatoms. The van der Waals surface area contributed by atoms with Crippen LogP contribution in [0.2, 0.25) is 5.02 Å². The third kappa shape index (κ3) is 4.54. The van der Waals surface area contributed by atoms with E-state index in [1.807, 2.05) is 42.5 Å². The number of halogens is 2. The minimum absolute atomic E-state index is 0.255. The van der Waals surface area contributed by atoms with Crippen molar-refractivity contribution in [1.82, 2.24) is 9.66 Å². The Morgan fingerprint density at radius 3 is 2.75 bits per heavy atom. The van der Waals surface area contributed by atoms with E-state index in [2.05, 4.69) is 26.0 Å². The highest BCUT2D eigenvalue weighted by molar-refractivity contribution is 9.10. The van der Waals surface area contributed by atoms with Gasteiger partial charge < -0.3 is 9.47 Å². The van der Waals surface area contributed by atoms with Gasteiger partial charge in [-0.25, -0.2) is 4.98 Å². The molecule has 0 amide bonds. The molecule has 1 heterocycles. The number of ether oxygens (including phenoxy) is 2. The number of methoxy groups -OCH3 is 1. The van der Waals surface area contributed by atoms with Crippen molar-refractivity contribution in [3.05, 3.63) is 97.5 Å². The highest BCUT2D eigenvalue weighted by Gasteiger charge is 2.12. The van der Waals surface area contributed by atoms with Gasteiger partial charge in [0.05, 0.1) is 24.2 Å². The normalized spacial score (nSPS) is 11.2. The van der Waals surface area contributed by atoms with Crippen LogP contribution in [-0.4, -0.2) is 23.0 Å². The van der Waals surface area contributed by atoms with Crippen molar-refractivity contribution in [2.24, 2.45) is 5.10 Å². The molecule has 0 unspecified atom stereocenters. The van der Waals surface area contributed by atoms with Gasteiger partial charge in [0.15, 0.2) is 11.5 Å². The first kappa shape index (κ1) is 22.0. The van der Waals surface area contributed by atoms with Crippen molar-refractivity contribution in [2.75, 3.05) is 7.11 Å². The average Bonchev–Trinajstić information content (AvgIpc) is 2.79. The molecule has 0 aliphatic heterocycles. The Morgan fingerprint density at radius 2 is 1.97 bits per heavy atom. The molecule has 4 aromatic rings. The molecule has 4 rings (SSSR count). The van der Waals surface area contributed by atoms with E-state index >= 15 is 0 Å². The third-order valence-electron chi connectivity index (χ3n) is 4.84. The maximum atomic E-state index is 13.0. The van der Waals surface area contributed by atoms with Gasteiger partial charge >= 0.3 is 0 Å². The molecule has 162 valence electrons. The van der Waals surface area contributed by atoms with Crippen LogP contribution in [-0.2, 0) is 6.61 Å². The number of hydrogen-bond acceptors (Lipinski definition) is 5. The van der Waals surface area contributed by atoms with Gasteiger partial charge in [0.25, 0.3) is 5.56 Å². The summed E-state index contributed by atoms with van der Waals surface area (Å²) in [5, 5.41) is 5.50. The quantitative estimate of drug-likeness (QED) is 0.316. The van der Waals surface area contributed by atoms with Crippen LogP contribution in [0.1, 0.15) is 17.0 Å². The second kappa shape index (κ2) is 9.54. The SMILES string of the molecule is COc1cccc(C=Nn2c(C)nc3ccc(Br)cc3c2=O)c1OCc1ccccc1Cl. The topological polar surface area (TPSA) is 65.7 Å². The van der Waals surface area contributed by atoms with Crippen LogP contribution in [0, 0.1) is 6.92 Å². The van der Waals surface area contributed by atoms with E-state index in [1.165, 1.54) is 4.68 Å². The fraction of sp³-hybridized carbons (Fsp3) is 0.125. The Morgan fingerprint density at radius 1 is 1.16 bits per heavy atom. The van der Waals surface area contributed by atoms with Crippen LogP contribution < -0.4 is 15.0 Å². The molecule has 0 bridgehead atoms. The van der Waals surface area contributed by atoms with Crippen LogP contribution in [0.25, 0.3) is 10.9 Å². The summed E-state index contributed by atoms with van der Waals surface area (Å²) in [5.41, 5.74) is 1.86. The molecular weight excluding hydrogens is 494 g/mol. The second-order valence-electron chi connectivity index (χ2n) is 6.94. The second-order valence-corrected chi connectivity index (χ2v) is 8.26. The van der Waals surface area contributed by atoms with Crippen molar-refractivity contribution >= 4 is 44.6 Å². The molecule has 0 saturated heterocycles. The summed E-state index contributed by atoms with van der Waals surface area (Å²) in [6, 6.07) is 18.3. The van der Waals surface area contributed by atoms with Crippen molar-refractivity contribution in [3.8, 4) is 11.5 Å². The smallest absolute Gasteiger partial charge is 0.282 e. The van der Waals surface area contributed by atoms with Gasteiger partial charge in [-0.2, -0.15) is 9.78 Å². The summed E-state index contributed by atoms with van der Waals surface area (Å²) in [6.45, 7) is 1.99. The van der Waals surface area contributed by atoms with Gasteiger partial charge in [-0.15, -0.1) is 0 Å². The van der Waals surface area contributed by atoms with Crippen LogP contribution >= 0.6 is 27.5 Å². The zero-order chi connectivity index (χ0) is 22.7. The predicted molar refractivity (Wildman–Crippen MR) is 130 cm³/mol. The van der Waals surface area contributed by atoms with Crippen LogP contribution in [0.3, 0.4) is 0 Å². The lowest BCUT2D eigenvalue weighted by Crippen LogP contribution is -2.20. The molecular formula is C24H19BrClN3O3. The van der Waals surface area contributed by atoms with Gasteiger partial charge in [-0.05, 0) is 43.3 Å². The van der Waals surface area contributed by atoms with Crippen molar-refractivity contribution < 1.29 is 9.47 Å². The monoisotopic (exact) mass is 511 g/mol. The minimum atomic E-state index is -0.258. The molecule has 0 fully saturated rings. The van der Waals surface area contributed by atoms with E-state index in [0.29, 0.717) is 38.8 Å². The van der Waals surface area contributed by atoms with Crippen LogP contribution in [0.15, 0.2) is 75.0 Å². The van der Waals surface area contributed by atoms with E-state index in [0.717, 1.165) is 10.0 Å². The number of hydrogen-bond donors (Lipinski definition) is 0. The number of aromatic nitrogens is 2. The van der Waals surface area contributed by atoms with Gasteiger partial charge in [0, 0.05) is 20.6 Å².